The molecule has 2 heterocycles. The van der Waals surface area contributed by atoms with Crippen molar-refractivity contribution < 1.29 is 62.6 Å². The summed E-state index contributed by atoms with van der Waals surface area (Å²) < 4.78 is 0. The van der Waals surface area contributed by atoms with Crippen LogP contribution in [-0.4, -0.2) is 239 Å². The normalized spacial score (nSPS) is 24.4. The van der Waals surface area contributed by atoms with Crippen LogP contribution in [0.1, 0.15) is 119 Å². The van der Waals surface area contributed by atoms with E-state index in [0.717, 1.165) is 48.7 Å². The Kier molecular flexibility index (Phi) is 28.4. The van der Waals surface area contributed by atoms with E-state index in [-0.39, 0.29) is 43.4 Å². The fourth-order valence-corrected chi connectivity index (χ4v) is 11.1. The number of nitrogens with zero attached hydrogens (tertiary/aromatic N) is 7. The van der Waals surface area contributed by atoms with E-state index in [1.807, 2.05) is 27.7 Å². The van der Waals surface area contributed by atoms with Crippen molar-refractivity contribution in [3.8, 4) is 0 Å². The number of hydrogen-bond donors (Lipinski definition) is 6. The van der Waals surface area contributed by atoms with Crippen LogP contribution in [0.2, 0.25) is 0 Å². The van der Waals surface area contributed by atoms with Crippen molar-refractivity contribution in [2.75, 3.05) is 61.9 Å². The van der Waals surface area contributed by atoms with E-state index in [4.69, 9.17) is 0 Å². The van der Waals surface area contributed by atoms with Gasteiger partial charge in [0, 0.05) is 68.2 Å². The van der Waals surface area contributed by atoms with Crippen molar-refractivity contribution in [2.24, 2.45) is 17.8 Å². The van der Waals surface area contributed by atoms with Gasteiger partial charge in [-0.15, -0.1) is 0 Å². The number of carbonyl (C=O) groups excluding carboxylic acids is 12. The lowest BCUT2D eigenvalue weighted by atomic mass is 9.98. The standard InChI is InChI=1S/C65H100N12O13/c1-38(2)32-48-57(82)69-54(40(5)6)59(84)68-47(63(88)75(15)50(34-45-26-20-17-21-27-45)56(81)67-42(8)61(86)77-30-24-19-25-31-77)36-52(79)66-41(7)60(85)76(16)51(35-46-28-22-18-23-29-46)64(89)72(12)43(9)62(87)74(14)49(33-39(3)4)58(83)70-55(44(10)78)65(90)71(11)37-53(80)73(48)13/h17-18,20-23,26-29,38-44,47-51,54-55,78H,19,24-25,30-37H2,1-16H3,(H,66,79)(H,67,81)(H,68,84)(H,69,82)(H,70,83)/t41-,42-,43-,44+,47-,48-,49-,50-,51-,54-,55-/m0/s1. The first-order chi connectivity index (χ1) is 42.2. The van der Waals surface area contributed by atoms with Crippen molar-refractivity contribution in [1.82, 2.24) is 60.9 Å². The van der Waals surface area contributed by atoms with Gasteiger partial charge in [-0.2, -0.15) is 0 Å². The number of aliphatic hydroxyl groups is 1. The van der Waals surface area contributed by atoms with Gasteiger partial charge in [0.1, 0.15) is 60.4 Å². The van der Waals surface area contributed by atoms with E-state index in [2.05, 4.69) is 26.6 Å². The molecule has 0 aliphatic carbocycles. The number of hydrogen-bond acceptors (Lipinski definition) is 13. The van der Waals surface area contributed by atoms with E-state index in [1.165, 1.54) is 63.1 Å². The summed E-state index contributed by atoms with van der Waals surface area (Å²) >= 11 is 0. The molecule has 12 amide bonds. The SMILES string of the molecule is CC(C)C[C@H]1C(=O)N[C@@H](C(C)C)C(=O)N[C@H](C(=O)N(C)[C@@H](Cc2ccccc2)C(=O)N[C@@H](C)C(=O)N2CCCCC2)CC(=O)N[C@@H](C)C(=O)N(C)[C@@H](Cc2ccccc2)C(=O)N(C)[C@@H](C)C(=O)N(C)[C@@H](CC(C)C)C(=O)N[C@@H]([C@@H](C)O)C(=O)N(C)CC(=O)N1C. The average Bonchev–Trinajstić information content (AvgIpc) is 2.34. The van der Waals surface area contributed by atoms with Crippen LogP contribution < -0.4 is 26.6 Å². The first kappa shape index (κ1) is 74.5. The van der Waals surface area contributed by atoms with Crippen molar-refractivity contribution in [3.63, 3.8) is 0 Å². The molecule has 90 heavy (non-hydrogen) atoms. The van der Waals surface area contributed by atoms with Crippen molar-refractivity contribution in [1.29, 1.82) is 0 Å². The maximum Gasteiger partial charge on any atom is 0.248 e. The van der Waals surface area contributed by atoms with Crippen LogP contribution in [0.15, 0.2) is 60.7 Å². The maximum atomic E-state index is 15.3. The lowest BCUT2D eigenvalue weighted by molar-refractivity contribution is -0.152. The van der Waals surface area contributed by atoms with Crippen LogP contribution >= 0.6 is 0 Å². The van der Waals surface area contributed by atoms with Crippen LogP contribution in [0, 0.1) is 17.8 Å². The first-order valence-electron chi connectivity index (χ1n) is 31.3. The Morgan fingerprint density at radius 2 is 1.11 bits per heavy atom. The first-order valence-corrected chi connectivity index (χ1v) is 31.3. The smallest absolute Gasteiger partial charge is 0.248 e. The molecule has 4 rings (SSSR count). The van der Waals surface area contributed by atoms with E-state index in [1.54, 1.807) is 86.3 Å². The second-order valence-electron chi connectivity index (χ2n) is 25.5. The Bertz CT molecular complexity index is 2830. The Balaban J connectivity index is 1.88. The molecular formula is C65H100N12O13. The Hall–Kier alpha value is -7.96. The highest BCUT2D eigenvalue weighted by atomic mass is 16.3. The molecule has 6 N–H and O–H groups in total. The zero-order valence-corrected chi connectivity index (χ0v) is 55.6. The van der Waals surface area contributed by atoms with E-state index < -0.39 is 150 Å². The van der Waals surface area contributed by atoms with Crippen molar-refractivity contribution in [2.45, 2.75) is 187 Å². The van der Waals surface area contributed by atoms with Crippen LogP contribution in [-0.2, 0) is 70.4 Å². The molecule has 25 nitrogen and oxygen atoms in total. The molecule has 0 aromatic heterocycles. The molecule has 2 fully saturated rings. The molecule has 2 aromatic rings. The number of nitrogens with one attached hydrogen (secondary N) is 5. The van der Waals surface area contributed by atoms with Crippen LogP contribution in [0.4, 0.5) is 0 Å². The number of benzene rings is 2. The minimum absolute atomic E-state index is 0.0588. The molecule has 2 aliphatic rings. The monoisotopic (exact) mass is 1260 g/mol. The summed E-state index contributed by atoms with van der Waals surface area (Å²) in [4.78, 5) is 183. The van der Waals surface area contributed by atoms with Gasteiger partial charge in [0.25, 0.3) is 0 Å². The van der Waals surface area contributed by atoms with Gasteiger partial charge >= 0.3 is 0 Å². The highest BCUT2D eigenvalue weighted by Crippen LogP contribution is 2.21. The van der Waals surface area contributed by atoms with Gasteiger partial charge in [-0.3, -0.25) is 57.5 Å². The van der Waals surface area contributed by atoms with Gasteiger partial charge < -0.3 is 66.0 Å². The molecule has 25 heteroatoms. The third-order valence-corrected chi connectivity index (χ3v) is 16.9. The van der Waals surface area contributed by atoms with Gasteiger partial charge in [-0.1, -0.05) is 102 Å². The molecule has 498 valence electrons. The lowest BCUT2D eigenvalue weighted by Gasteiger charge is -2.37. The minimum Gasteiger partial charge on any atom is -0.391 e. The van der Waals surface area contributed by atoms with Gasteiger partial charge in [0.15, 0.2) is 0 Å². The van der Waals surface area contributed by atoms with Crippen LogP contribution in [0.3, 0.4) is 0 Å². The summed E-state index contributed by atoms with van der Waals surface area (Å²) in [6.07, 6.45) is 0.256. The Labute approximate surface area is 531 Å². The number of likely N-dealkylation sites (tertiary alicyclic amines) is 1. The zero-order chi connectivity index (χ0) is 67.6. The highest BCUT2D eigenvalue weighted by molar-refractivity contribution is 6.00. The van der Waals surface area contributed by atoms with Crippen molar-refractivity contribution >= 4 is 70.9 Å². The van der Waals surface area contributed by atoms with Gasteiger partial charge in [0.05, 0.1) is 19.1 Å². The maximum absolute atomic E-state index is 15.3. The number of piperidine rings is 1. The lowest BCUT2D eigenvalue weighted by Crippen LogP contribution is -2.62. The van der Waals surface area contributed by atoms with Crippen LogP contribution in [0.5, 0.6) is 0 Å². The van der Waals surface area contributed by atoms with Gasteiger partial charge in [0.2, 0.25) is 70.9 Å². The number of amides is 12. The summed E-state index contributed by atoms with van der Waals surface area (Å²) in [7, 11) is 8.07. The van der Waals surface area contributed by atoms with Crippen molar-refractivity contribution in [3.05, 3.63) is 71.8 Å². The topological polar surface area (TPSA) is 308 Å². The zero-order valence-electron chi connectivity index (χ0n) is 55.6. The van der Waals surface area contributed by atoms with Gasteiger partial charge in [-0.05, 0) is 88.7 Å². The molecule has 2 aromatic carbocycles. The summed E-state index contributed by atoms with van der Waals surface area (Å²) in [6.45, 7) is 16.6. The molecule has 0 spiro atoms. The summed E-state index contributed by atoms with van der Waals surface area (Å²) in [6, 6.07) is 3.90. The Morgan fingerprint density at radius 3 is 1.63 bits per heavy atom. The molecule has 0 bridgehead atoms. The Morgan fingerprint density at radius 1 is 0.600 bits per heavy atom. The number of carbonyl (C=O) groups is 12. The third-order valence-electron chi connectivity index (χ3n) is 16.9. The predicted octanol–water partition coefficient (Wildman–Crippen LogP) is 1.09. The average molecular weight is 1260 g/mol. The minimum atomic E-state index is -1.79. The third kappa shape index (κ3) is 20.5. The van der Waals surface area contributed by atoms with E-state index >= 15 is 4.79 Å². The number of rotatable bonds is 15. The van der Waals surface area contributed by atoms with Gasteiger partial charge in [-0.25, -0.2) is 0 Å². The quantitative estimate of drug-likeness (QED) is 0.146. The fraction of sp³-hybridized carbons (Fsp3) is 0.631. The second-order valence-corrected chi connectivity index (χ2v) is 25.5. The molecule has 0 radical (unpaired) electrons. The molecular weight excluding hydrogens is 1160 g/mol. The van der Waals surface area contributed by atoms with Crippen LogP contribution in [0.25, 0.3) is 0 Å². The predicted molar refractivity (Wildman–Crippen MR) is 338 cm³/mol. The molecule has 0 unspecified atom stereocenters. The van der Waals surface area contributed by atoms with E-state index in [0.29, 0.717) is 24.2 Å². The summed E-state index contributed by atoms with van der Waals surface area (Å²) in [5.41, 5.74) is 1.27. The number of likely N-dealkylation sites (N-methyl/N-ethyl adjacent to an activating group) is 6. The number of aliphatic hydroxyl groups excluding tert-OH is 1. The highest BCUT2D eigenvalue weighted by Gasteiger charge is 2.42. The summed E-state index contributed by atoms with van der Waals surface area (Å²) in [5, 5.41) is 24.5. The molecule has 2 aliphatic heterocycles. The largest absolute Gasteiger partial charge is 0.391 e. The second kappa shape index (κ2) is 34.3. The molecule has 0 saturated carbocycles. The summed E-state index contributed by atoms with van der Waals surface area (Å²) in [5.74, 6) is -10.3. The molecule has 11 atom stereocenters. The van der Waals surface area contributed by atoms with E-state index in [9.17, 15) is 57.8 Å². The molecule has 2 saturated heterocycles. The fourth-order valence-electron chi connectivity index (χ4n) is 11.1.